The smallest absolute Gasteiger partial charge is 0.00139 e. The second-order valence-electron chi connectivity index (χ2n) is 8.51. The molecule has 7 aromatic carbocycles. The molecule has 0 fully saturated rings. The molecule has 0 aliphatic rings. The van der Waals surface area contributed by atoms with E-state index in [1.54, 1.807) is 0 Å². The van der Waals surface area contributed by atoms with Crippen LogP contribution in [0.3, 0.4) is 0 Å². The van der Waals surface area contributed by atoms with Gasteiger partial charge < -0.3 is 0 Å². The van der Waals surface area contributed by atoms with E-state index in [0.29, 0.717) is 0 Å². The zero-order chi connectivity index (χ0) is 21.1. The van der Waals surface area contributed by atoms with Crippen molar-refractivity contribution in [1.82, 2.24) is 0 Å². The molecule has 0 unspecified atom stereocenters. The molecule has 0 aliphatic heterocycles. The molecule has 0 spiro atoms. The first kappa shape index (κ1) is 17.5. The van der Waals surface area contributed by atoms with E-state index in [4.69, 9.17) is 0 Å². The van der Waals surface area contributed by atoms with Crippen LogP contribution in [0.15, 0.2) is 121 Å². The maximum Gasteiger partial charge on any atom is -0.00139 e. The van der Waals surface area contributed by atoms with Gasteiger partial charge in [0, 0.05) is 0 Å². The molecule has 0 heteroatoms. The van der Waals surface area contributed by atoms with Crippen molar-refractivity contribution in [3.05, 3.63) is 121 Å². The molecule has 148 valence electrons. The lowest BCUT2D eigenvalue weighted by atomic mass is 9.84. The first-order valence-corrected chi connectivity index (χ1v) is 11.1. The fraction of sp³-hybridized carbons (Fsp3) is 0. The highest BCUT2D eigenvalue weighted by molar-refractivity contribution is 6.36. The van der Waals surface area contributed by atoms with E-state index in [-0.39, 0.29) is 0 Å². The third-order valence-corrected chi connectivity index (χ3v) is 6.82. The summed E-state index contributed by atoms with van der Waals surface area (Å²) >= 11 is 0. The molecule has 0 atom stereocenters. The Morgan fingerprint density at radius 3 is 1.72 bits per heavy atom. The summed E-state index contributed by atoms with van der Waals surface area (Å²) in [6.07, 6.45) is 0. The van der Waals surface area contributed by atoms with Crippen molar-refractivity contribution in [1.29, 1.82) is 0 Å². The number of hydrogen-bond acceptors (Lipinski definition) is 0. The lowest BCUT2D eigenvalue weighted by molar-refractivity contribution is 1.60. The zero-order valence-electron chi connectivity index (χ0n) is 17.5. The molecule has 0 saturated heterocycles. The van der Waals surface area contributed by atoms with Gasteiger partial charge in [0.1, 0.15) is 0 Å². The van der Waals surface area contributed by atoms with Crippen molar-refractivity contribution >= 4 is 43.1 Å². The van der Waals surface area contributed by atoms with Gasteiger partial charge in [0.15, 0.2) is 0 Å². The van der Waals surface area contributed by atoms with E-state index in [1.807, 2.05) is 0 Å². The number of fused-ring (bicyclic) bond motifs is 3. The normalized spacial score (nSPS) is 11.8. The predicted molar refractivity (Wildman–Crippen MR) is 139 cm³/mol. The summed E-state index contributed by atoms with van der Waals surface area (Å²) < 4.78 is 0. The Kier molecular flexibility index (Phi) is 3.65. The molecule has 0 amide bonds. The van der Waals surface area contributed by atoms with Gasteiger partial charge in [0.05, 0.1) is 0 Å². The highest BCUT2D eigenvalue weighted by Crippen LogP contribution is 2.45. The highest BCUT2D eigenvalue weighted by atomic mass is 14.2. The SMILES string of the molecule is c1ccc(-c2ccccc2-c2ccc3ccc4cccc5c6ccccc6c2c3c45)cc1. The van der Waals surface area contributed by atoms with Crippen LogP contribution in [0.5, 0.6) is 0 Å². The summed E-state index contributed by atoms with van der Waals surface area (Å²) in [5, 5.41) is 10.7. The molecule has 0 heterocycles. The van der Waals surface area contributed by atoms with Crippen LogP contribution in [0.4, 0.5) is 0 Å². The van der Waals surface area contributed by atoms with Gasteiger partial charge in [-0.2, -0.15) is 0 Å². The third kappa shape index (κ3) is 2.38. The maximum atomic E-state index is 2.32. The van der Waals surface area contributed by atoms with Gasteiger partial charge in [-0.25, -0.2) is 0 Å². The molecule has 0 N–H and O–H groups in total. The molecular weight excluding hydrogens is 384 g/mol. The van der Waals surface area contributed by atoms with Gasteiger partial charge in [-0.15, -0.1) is 0 Å². The molecule has 0 saturated carbocycles. The zero-order valence-corrected chi connectivity index (χ0v) is 17.5. The van der Waals surface area contributed by atoms with Gasteiger partial charge in [-0.1, -0.05) is 121 Å². The standard InChI is InChI=1S/C32H20/c1-2-9-21(10-3-1)24-12-4-5-13-25(24)29-20-19-23-18-17-22-11-8-16-27-26-14-6-7-15-28(26)32(29)31(23)30(22)27/h1-20H. The number of rotatable bonds is 2. The quantitative estimate of drug-likeness (QED) is 0.199. The molecule has 0 radical (unpaired) electrons. The molecule has 32 heavy (non-hydrogen) atoms. The van der Waals surface area contributed by atoms with Crippen molar-refractivity contribution in [2.24, 2.45) is 0 Å². The fourth-order valence-corrected chi connectivity index (χ4v) is 5.45. The van der Waals surface area contributed by atoms with Crippen molar-refractivity contribution in [3.63, 3.8) is 0 Å². The Balaban J connectivity index is 1.72. The van der Waals surface area contributed by atoms with E-state index < -0.39 is 0 Å². The van der Waals surface area contributed by atoms with E-state index in [1.165, 1.54) is 65.3 Å². The van der Waals surface area contributed by atoms with Gasteiger partial charge in [0.25, 0.3) is 0 Å². The second kappa shape index (κ2) is 6.67. The summed E-state index contributed by atoms with van der Waals surface area (Å²) in [5.74, 6) is 0. The predicted octanol–water partition coefficient (Wildman–Crippen LogP) is 9.07. The van der Waals surface area contributed by atoms with Crippen LogP contribution < -0.4 is 0 Å². The van der Waals surface area contributed by atoms with Crippen molar-refractivity contribution < 1.29 is 0 Å². The van der Waals surface area contributed by atoms with E-state index >= 15 is 0 Å². The first-order chi connectivity index (χ1) is 15.9. The van der Waals surface area contributed by atoms with Crippen LogP contribution in [0.2, 0.25) is 0 Å². The Morgan fingerprint density at radius 1 is 0.281 bits per heavy atom. The van der Waals surface area contributed by atoms with Crippen LogP contribution in [0.25, 0.3) is 65.3 Å². The Morgan fingerprint density at radius 2 is 0.875 bits per heavy atom. The van der Waals surface area contributed by atoms with Crippen molar-refractivity contribution in [3.8, 4) is 22.3 Å². The maximum absolute atomic E-state index is 2.32. The van der Waals surface area contributed by atoms with Crippen LogP contribution in [0, 0.1) is 0 Å². The summed E-state index contributed by atoms with van der Waals surface area (Å²) in [7, 11) is 0. The van der Waals surface area contributed by atoms with Gasteiger partial charge in [0.2, 0.25) is 0 Å². The minimum atomic E-state index is 1.25. The lowest BCUT2D eigenvalue weighted by Crippen LogP contribution is -1.91. The Hall–Kier alpha value is -4.16. The van der Waals surface area contributed by atoms with Crippen molar-refractivity contribution in [2.75, 3.05) is 0 Å². The first-order valence-electron chi connectivity index (χ1n) is 11.1. The van der Waals surface area contributed by atoms with Crippen molar-refractivity contribution in [2.45, 2.75) is 0 Å². The molecular formula is C32H20. The van der Waals surface area contributed by atoms with Crippen LogP contribution in [-0.2, 0) is 0 Å². The monoisotopic (exact) mass is 404 g/mol. The van der Waals surface area contributed by atoms with E-state index in [9.17, 15) is 0 Å². The Labute approximate surface area is 186 Å². The van der Waals surface area contributed by atoms with Crippen LogP contribution in [-0.4, -0.2) is 0 Å². The molecule has 7 rings (SSSR count). The third-order valence-electron chi connectivity index (χ3n) is 6.82. The second-order valence-corrected chi connectivity index (χ2v) is 8.51. The summed E-state index contributed by atoms with van der Waals surface area (Å²) in [6.45, 7) is 0. The largest absolute Gasteiger partial charge is 0.0622 e. The summed E-state index contributed by atoms with van der Waals surface area (Å²) in [5.41, 5.74) is 5.10. The summed E-state index contributed by atoms with van der Waals surface area (Å²) in [6, 6.07) is 44.2. The molecule has 0 bridgehead atoms. The van der Waals surface area contributed by atoms with E-state index in [0.717, 1.165) is 0 Å². The van der Waals surface area contributed by atoms with Gasteiger partial charge >= 0.3 is 0 Å². The molecule has 0 nitrogen and oxygen atoms in total. The summed E-state index contributed by atoms with van der Waals surface area (Å²) in [4.78, 5) is 0. The van der Waals surface area contributed by atoms with Crippen LogP contribution >= 0.6 is 0 Å². The Bertz CT molecular complexity index is 1760. The van der Waals surface area contributed by atoms with E-state index in [2.05, 4.69) is 121 Å². The van der Waals surface area contributed by atoms with Gasteiger partial charge in [-0.3, -0.25) is 0 Å². The lowest BCUT2D eigenvalue weighted by Gasteiger charge is -2.19. The fourth-order valence-electron chi connectivity index (χ4n) is 5.45. The molecule has 0 aliphatic carbocycles. The average Bonchev–Trinajstić information content (AvgIpc) is 2.88. The topological polar surface area (TPSA) is 0 Å². The number of hydrogen-bond donors (Lipinski definition) is 0. The molecule has 0 aromatic heterocycles. The minimum absolute atomic E-state index is 1.25. The van der Waals surface area contributed by atoms with Gasteiger partial charge in [-0.05, 0) is 65.3 Å². The minimum Gasteiger partial charge on any atom is -0.0622 e. The van der Waals surface area contributed by atoms with Crippen LogP contribution in [0.1, 0.15) is 0 Å². The molecule has 7 aromatic rings. The number of benzene rings is 7. The highest BCUT2D eigenvalue weighted by Gasteiger charge is 2.18. The average molecular weight is 405 g/mol.